The van der Waals surface area contributed by atoms with Gasteiger partial charge in [0.05, 0.1) is 0 Å². The fourth-order valence-corrected chi connectivity index (χ4v) is 4.75. The van der Waals surface area contributed by atoms with Crippen molar-refractivity contribution in [3.05, 3.63) is 35.4 Å². The van der Waals surface area contributed by atoms with Crippen LogP contribution in [0, 0.1) is 6.92 Å². The molecule has 0 aliphatic carbocycles. The molecule has 2 fully saturated rings. The molecule has 0 amide bonds. The van der Waals surface area contributed by atoms with Crippen LogP contribution in [0.15, 0.2) is 29.3 Å². The van der Waals surface area contributed by atoms with Crippen LogP contribution in [0.4, 0.5) is 0 Å². The smallest absolute Gasteiger partial charge is 0.193 e. The molecule has 5 nitrogen and oxygen atoms in total. The van der Waals surface area contributed by atoms with E-state index in [1.807, 2.05) is 18.8 Å². The summed E-state index contributed by atoms with van der Waals surface area (Å²) in [5.74, 6) is 1.05. The average molecular weight is 391 g/mol. The van der Waals surface area contributed by atoms with Gasteiger partial charge in [-0.1, -0.05) is 29.8 Å². The zero-order chi connectivity index (χ0) is 19.1. The summed E-state index contributed by atoms with van der Waals surface area (Å²) in [5.41, 5.74) is 2.75. The molecule has 0 radical (unpaired) electrons. The van der Waals surface area contributed by atoms with Gasteiger partial charge in [-0.25, -0.2) is 0 Å². The summed E-state index contributed by atoms with van der Waals surface area (Å²) in [6, 6.07) is 8.85. The van der Waals surface area contributed by atoms with Crippen molar-refractivity contribution in [2.45, 2.75) is 31.1 Å². The number of nitrogens with one attached hydrogen (secondary N) is 1. The van der Waals surface area contributed by atoms with E-state index >= 15 is 0 Å². The van der Waals surface area contributed by atoms with Crippen LogP contribution < -0.4 is 5.32 Å². The first-order chi connectivity index (χ1) is 13.1. The number of aryl methyl sites for hydroxylation is 1. The highest BCUT2D eigenvalue weighted by atomic mass is 32.2. The molecule has 1 N–H and O–H groups in total. The van der Waals surface area contributed by atoms with Crippen LogP contribution in [0.3, 0.4) is 0 Å². The first kappa shape index (κ1) is 20.5. The van der Waals surface area contributed by atoms with E-state index in [2.05, 4.69) is 57.6 Å². The van der Waals surface area contributed by atoms with Gasteiger partial charge in [-0.05, 0) is 31.6 Å². The summed E-state index contributed by atoms with van der Waals surface area (Å²) < 4.78 is 5.84. The van der Waals surface area contributed by atoms with Crippen molar-refractivity contribution in [1.82, 2.24) is 15.1 Å². The van der Waals surface area contributed by atoms with Crippen LogP contribution in [-0.2, 0) is 11.3 Å². The van der Waals surface area contributed by atoms with E-state index in [1.165, 1.54) is 11.1 Å². The number of ether oxygens (including phenoxy) is 1. The van der Waals surface area contributed by atoms with E-state index in [4.69, 9.17) is 4.74 Å². The Balaban J connectivity index is 1.48. The number of rotatable bonds is 5. The van der Waals surface area contributed by atoms with Crippen molar-refractivity contribution in [2.24, 2.45) is 4.99 Å². The molecule has 27 heavy (non-hydrogen) atoms. The molecule has 0 bridgehead atoms. The Morgan fingerprint density at radius 3 is 2.59 bits per heavy atom. The molecule has 0 atom stereocenters. The average Bonchev–Trinajstić information content (AvgIpc) is 2.70. The number of thioether (sulfide) groups is 1. The molecular weight excluding hydrogens is 356 g/mol. The molecule has 2 aliphatic heterocycles. The molecule has 6 heteroatoms. The highest BCUT2D eigenvalue weighted by Gasteiger charge is 2.32. The first-order valence-corrected chi connectivity index (χ1v) is 11.2. The summed E-state index contributed by atoms with van der Waals surface area (Å²) in [5, 5.41) is 3.65. The predicted molar refractivity (Wildman–Crippen MR) is 116 cm³/mol. The van der Waals surface area contributed by atoms with E-state index in [9.17, 15) is 0 Å². The van der Waals surface area contributed by atoms with Crippen LogP contribution in [0.1, 0.15) is 24.0 Å². The van der Waals surface area contributed by atoms with E-state index in [0.717, 1.165) is 71.3 Å². The molecule has 0 saturated carbocycles. The number of hydrogen-bond donors (Lipinski definition) is 1. The Morgan fingerprint density at radius 2 is 1.96 bits per heavy atom. The summed E-state index contributed by atoms with van der Waals surface area (Å²) in [4.78, 5) is 9.50. The summed E-state index contributed by atoms with van der Waals surface area (Å²) in [6.07, 6.45) is 4.45. The summed E-state index contributed by atoms with van der Waals surface area (Å²) in [7, 11) is 1.90. The van der Waals surface area contributed by atoms with Gasteiger partial charge >= 0.3 is 0 Å². The third-order valence-electron chi connectivity index (χ3n) is 5.78. The van der Waals surface area contributed by atoms with Crippen molar-refractivity contribution in [2.75, 3.05) is 59.2 Å². The van der Waals surface area contributed by atoms with Gasteiger partial charge in [0.15, 0.2) is 5.96 Å². The lowest BCUT2D eigenvalue weighted by Gasteiger charge is -2.39. The summed E-state index contributed by atoms with van der Waals surface area (Å²) in [6.45, 7) is 10.1. The Hall–Kier alpha value is -1.24. The van der Waals surface area contributed by atoms with Crippen LogP contribution in [0.5, 0.6) is 0 Å². The van der Waals surface area contributed by atoms with Gasteiger partial charge in [0, 0.05) is 64.3 Å². The maximum Gasteiger partial charge on any atom is 0.193 e. The molecule has 2 heterocycles. The second kappa shape index (κ2) is 9.80. The molecule has 3 rings (SSSR count). The minimum atomic E-state index is 0.279. The number of nitrogens with zero attached hydrogens (tertiary/aromatic N) is 3. The predicted octanol–water partition coefficient (Wildman–Crippen LogP) is 2.60. The molecule has 2 saturated heterocycles. The standard InChI is InChI=1S/C21H34N4OS/c1-18-5-4-6-19(15-18)16-24-9-11-25(12-10-24)20(22-2)23-17-21(27-3)7-13-26-14-8-21/h4-6,15H,7-14,16-17H2,1-3H3,(H,22,23). The fourth-order valence-electron chi connectivity index (χ4n) is 3.96. The van der Waals surface area contributed by atoms with Gasteiger partial charge in [0.2, 0.25) is 0 Å². The van der Waals surface area contributed by atoms with Crippen molar-refractivity contribution in [3.8, 4) is 0 Å². The number of guanidine groups is 1. The van der Waals surface area contributed by atoms with Gasteiger partial charge in [-0.2, -0.15) is 11.8 Å². The third kappa shape index (κ3) is 5.62. The van der Waals surface area contributed by atoms with Gasteiger partial charge < -0.3 is 15.0 Å². The minimum Gasteiger partial charge on any atom is -0.381 e. The maximum absolute atomic E-state index is 5.56. The fraction of sp³-hybridized carbons (Fsp3) is 0.667. The topological polar surface area (TPSA) is 40.1 Å². The van der Waals surface area contributed by atoms with Crippen LogP contribution in [0.2, 0.25) is 0 Å². The Labute approximate surface area is 168 Å². The van der Waals surface area contributed by atoms with Gasteiger partial charge in [0.1, 0.15) is 0 Å². The van der Waals surface area contributed by atoms with Crippen LogP contribution in [-0.4, -0.2) is 79.7 Å². The van der Waals surface area contributed by atoms with E-state index < -0.39 is 0 Å². The Bertz CT molecular complexity index is 622. The zero-order valence-electron chi connectivity index (χ0n) is 17.0. The number of benzene rings is 1. The van der Waals surface area contributed by atoms with Crippen molar-refractivity contribution >= 4 is 17.7 Å². The Kier molecular flexibility index (Phi) is 7.44. The Morgan fingerprint density at radius 1 is 1.22 bits per heavy atom. The quantitative estimate of drug-likeness (QED) is 0.618. The number of piperazine rings is 1. The van der Waals surface area contributed by atoms with E-state index in [0.29, 0.717) is 0 Å². The molecule has 0 spiro atoms. The second-order valence-electron chi connectivity index (χ2n) is 7.65. The zero-order valence-corrected chi connectivity index (χ0v) is 17.9. The van der Waals surface area contributed by atoms with Gasteiger partial charge in [-0.15, -0.1) is 0 Å². The molecule has 0 unspecified atom stereocenters. The van der Waals surface area contributed by atoms with Gasteiger partial charge in [-0.3, -0.25) is 9.89 Å². The molecular formula is C21H34N4OS. The third-order valence-corrected chi connectivity index (χ3v) is 7.20. The maximum atomic E-state index is 5.56. The molecule has 1 aromatic rings. The first-order valence-electron chi connectivity index (χ1n) is 10.0. The lowest BCUT2D eigenvalue weighted by atomic mass is 9.99. The second-order valence-corrected chi connectivity index (χ2v) is 8.93. The van der Waals surface area contributed by atoms with E-state index in [1.54, 1.807) is 0 Å². The summed E-state index contributed by atoms with van der Waals surface area (Å²) >= 11 is 1.97. The van der Waals surface area contributed by atoms with E-state index in [-0.39, 0.29) is 4.75 Å². The normalized spacial score (nSPS) is 21.3. The molecule has 2 aliphatic rings. The molecule has 0 aromatic heterocycles. The highest BCUT2D eigenvalue weighted by molar-refractivity contribution is 8.00. The number of hydrogen-bond acceptors (Lipinski definition) is 4. The molecule has 1 aromatic carbocycles. The number of aliphatic imine (C=N–C) groups is 1. The van der Waals surface area contributed by atoms with Gasteiger partial charge in [0.25, 0.3) is 0 Å². The lowest BCUT2D eigenvalue weighted by Crippen LogP contribution is -2.54. The van der Waals surface area contributed by atoms with Crippen molar-refractivity contribution in [3.63, 3.8) is 0 Å². The molecule has 150 valence electrons. The monoisotopic (exact) mass is 390 g/mol. The van der Waals surface area contributed by atoms with Crippen LogP contribution in [0.25, 0.3) is 0 Å². The largest absolute Gasteiger partial charge is 0.381 e. The minimum absolute atomic E-state index is 0.279. The highest BCUT2D eigenvalue weighted by Crippen LogP contribution is 2.33. The van der Waals surface area contributed by atoms with Crippen molar-refractivity contribution < 1.29 is 4.74 Å². The lowest BCUT2D eigenvalue weighted by molar-refractivity contribution is 0.0779. The SMILES string of the molecule is CN=C(NCC1(SC)CCOCC1)N1CCN(Cc2cccc(C)c2)CC1. The van der Waals surface area contributed by atoms with Crippen LogP contribution >= 0.6 is 11.8 Å². The van der Waals surface area contributed by atoms with Crippen molar-refractivity contribution in [1.29, 1.82) is 0 Å².